The van der Waals surface area contributed by atoms with E-state index in [9.17, 15) is 4.79 Å². The molecule has 0 aliphatic carbocycles. The van der Waals surface area contributed by atoms with Gasteiger partial charge in [-0.2, -0.15) is 0 Å². The van der Waals surface area contributed by atoms with Gasteiger partial charge in [-0.05, 0) is 32.5 Å². The second kappa shape index (κ2) is 36.4. The Morgan fingerprint density at radius 3 is 1.18 bits per heavy atom. The Hall–Kier alpha value is -0.610. The summed E-state index contributed by atoms with van der Waals surface area (Å²) in [5.74, 6) is -0.653. The Labute approximate surface area is 240 Å². The highest BCUT2D eigenvalue weighted by Gasteiger charge is 1.98. The van der Waals surface area contributed by atoms with Crippen LogP contribution in [-0.2, 0) is 4.79 Å². The standard InChI is InChI=1S/C18H36O2.C16H36N2/c1-2-3-4-5-6-7-8-9-10-11-12-13-14-15-16-17-18(19)20;1-4-7-8-9-10-11-12-13-14-17-15-16-18(5-2)6-3/h2-17H2,1H3,(H,19,20);17H,4-16H2,1-3H3. The van der Waals surface area contributed by atoms with Crippen LogP contribution in [0.1, 0.15) is 182 Å². The van der Waals surface area contributed by atoms with Crippen LogP contribution in [0.4, 0.5) is 0 Å². The molecule has 0 aromatic heterocycles. The topological polar surface area (TPSA) is 52.6 Å². The molecule has 0 unspecified atom stereocenters. The molecule has 0 aliphatic heterocycles. The van der Waals surface area contributed by atoms with E-state index in [1.807, 2.05) is 0 Å². The summed E-state index contributed by atoms with van der Waals surface area (Å²) in [6.45, 7) is 14.9. The van der Waals surface area contributed by atoms with E-state index in [0.29, 0.717) is 6.42 Å². The number of hydrogen-bond acceptors (Lipinski definition) is 3. The molecule has 0 bridgehead atoms. The Balaban J connectivity index is 0. The Kier molecular flexibility index (Phi) is 37.9. The summed E-state index contributed by atoms with van der Waals surface area (Å²) >= 11 is 0. The minimum atomic E-state index is -0.653. The first kappa shape index (κ1) is 39.5. The number of hydrogen-bond donors (Lipinski definition) is 2. The summed E-state index contributed by atoms with van der Waals surface area (Å²) in [6.07, 6.45) is 31.5. The molecule has 0 saturated heterocycles. The lowest BCUT2D eigenvalue weighted by Gasteiger charge is -2.17. The molecule has 0 radical (unpaired) electrons. The van der Waals surface area contributed by atoms with E-state index >= 15 is 0 Å². The second-order valence-electron chi connectivity index (χ2n) is 11.3. The van der Waals surface area contributed by atoms with Crippen molar-refractivity contribution in [3.8, 4) is 0 Å². The first-order chi connectivity index (χ1) is 18.6. The smallest absolute Gasteiger partial charge is 0.303 e. The minimum Gasteiger partial charge on any atom is -0.481 e. The molecule has 0 aliphatic rings. The van der Waals surface area contributed by atoms with Crippen LogP contribution in [-0.4, -0.2) is 48.7 Å². The number of carbonyl (C=O) groups is 1. The van der Waals surface area contributed by atoms with Crippen molar-refractivity contribution in [1.82, 2.24) is 10.2 Å². The monoisotopic (exact) mass is 541 g/mol. The summed E-state index contributed by atoms with van der Waals surface area (Å²) in [6, 6.07) is 0. The lowest BCUT2D eigenvalue weighted by molar-refractivity contribution is -0.137. The highest BCUT2D eigenvalue weighted by Crippen LogP contribution is 2.13. The van der Waals surface area contributed by atoms with Crippen LogP contribution in [0.2, 0.25) is 0 Å². The number of likely N-dealkylation sites (N-methyl/N-ethyl adjacent to an activating group) is 1. The molecule has 0 heterocycles. The average Bonchev–Trinajstić information content (AvgIpc) is 2.92. The largest absolute Gasteiger partial charge is 0.481 e. The van der Waals surface area contributed by atoms with Gasteiger partial charge in [0.1, 0.15) is 0 Å². The molecule has 38 heavy (non-hydrogen) atoms. The van der Waals surface area contributed by atoms with Gasteiger partial charge in [-0.1, -0.05) is 163 Å². The molecule has 2 N–H and O–H groups in total. The number of carboxylic acid groups (broad SMARTS) is 1. The van der Waals surface area contributed by atoms with Crippen LogP contribution in [0.3, 0.4) is 0 Å². The Morgan fingerprint density at radius 1 is 0.500 bits per heavy atom. The van der Waals surface area contributed by atoms with E-state index in [-0.39, 0.29) is 0 Å². The third-order valence-corrected chi connectivity index (χ3v) is 7.70. The van der Waals surface area contributed by atoms with Gasteiger partial charge in [-0.15, -0.1) is 0 Å². The zero-order chi connectivity index (χ0) is 28.4. The zero-order valence-electron chi connectivity index (χ0n) is 26.8. The molecule has 4 nitrogen and oxygen atoms in total. The quantitative estimate of drug-likeness (QED) is 0.0890. The normalized spacial score (nSPS) is 11.1. The van der Waals surface area contributed by atoms with Crippen molar-refractivity contribution in [2.75, 3.05) is 32.7 Å². The van der Waals surface area contributed by atoms with Crippen molar-refractivity contribution < 1.29 is 9.90 Å². The van der Waals surface area contributed by atoms with E-state index in [4.69, 9.17) is 5.11 Å². The molecule has 0 atom stereocenters. The number of carboxylic acids is 1. The maximum Gasteiger partial charge on any atom is 0.303 e. The molecule has 0 fully saturated rings. The van der Waals surface area contributed by atoms with E-state index in [1.54, 1.807) is 0 Å². The zero-order valence-corrected chi connectivity index (χ0v) is 26.8. The highest BCUT2D eigenvalue weighted by molar-refractivity contribution is 5.66. The van der Waals surface area contributed by atoms with Crippen LogP contribution in [0.25, 0.3) is 0 Å². The first-order valence-corrected chi connectivity index (χ1v) is 17.3. The fourth-order valence-corrected chi connectivity index (χ4v) is 4.93. The van der Waals surface area contributed by atoms with Crippen LogP contribution in [0.5, 0.6) is 0 Å². The summed E-state index contributed by atoms with van der Waals surface area (Å²) in [5.41, 5.74) is 0. The molecule has 0 aromatic carbocycles. The van der Waals surface area contributed by atoms with Crippen LogP contribution < -0.4 is 5.32 Å². The SMILES string of the molecule is CCCCCCCCCCCCCCCCCC(=O)O.CCCCCCCCCCNCCN(CC)CC. The lowest BCUT2D eigenvalue weighted by atomic mass is 10.0. The van der Waals surface area contributed by atoms with Crippen molar-refractivity contribution in [2.24, 2.45) is 0 Å². The fourth-order valence-electron chi connectivity index (χ4n) is 4.93. The van der Waals surface area contributed by atoms with E-state index in [1.165, 1.54) is 161 Å². The first-order valence-electron chi connectivity index (χ1n) is 17.3. The molecule has 0 amide bonds. The highest BCUT2D eigenvalue weighted by atomic mass is 16.4. The number of unbranched alkanes of at least 4 members (excludes halogenated alkanes) is 21. The fraction of sp³-hybridized carbons (Fsp3) is 0.971. The third kappa shape index (κ3) is 37.5. The van der Waals surface area contributed by atoms with Gasteiger partial charge >= 0.3 is 5.97 Å². The second-order valence-corrected chi connectivity index (χ2v) is 11.3. The molecular weight excluding hydrogens is 468 g/mol. The van der Waals surface area contributed by atoms with Crippen molar-refractivity contribution in [3.05, 3.63) is 0 Å². The third-order valence-electron chi connectivity index (χ3n) is 7.70. The molecule has 230 valence electrons. The van der Waals surface area contributed by atoms with Crippen LogP contribution in [0, 0.1) is 0 Å². The van der Waals surface area contributed by atoms with Crippen molar-refractivity contribution in [1.29, 1.82) is 0 Å². The Bertz CT molecular complexity index is 427. The van der Waals surface area contributed by atoms with Crippen LogP contribution >= 0.6 is 0 Å². The predicted octanol–water partition coefficient (Wildman–Crippen LogP) is 10.4. The summed E-state index contributed by atoms with van der Waals surface area (Å²) in [7, 11) is 0. The maximum absolute atomic E-state index is 10.3. The number of aliphatic carboxylic acids is 1. The molecule has 4 heteroatoms. The molecule has 0 rings (SSSR count). The van der Waals surface area contributed by atoms with E-state index in [0.717, 1.165) is 19.4 Å². The van der Waals surface area contributed by atoms with Crippen molar-refractivity contribution >= 4 is 5.97 Å². The summed E-state index contributed by atoms with van der Waals surface area (Å²) in [5, 5.41) is 12.1. The summed E-state index contributed by atoms with van der Waals surface area (Å²) in [4.78, 5) is 12.8. The van der Waals surface area contributed by atoms with Gasteiger partial charge in [0.15, 0.2) is 0 Å². The number of nitrogens with one attached hydrogen (secondary N) is 1. The molecule has 0 spiro atoms. The molecule has 0 saturated carbocycles. The van der Waals surface area contributed by atoms with E-state index < -0.39 is 5.97 Å². The molecule has 0 aromatic rings. The van der Waals surface area contributed by atoms with Gasteiger partial charge in [-0.25, -0.2) is 0 Å². The molecular formula is C34H72N2O2. The van der Waals surface area contributed by atoms with Gasteiger partial charge in [0.2, 0.25) is 0 Å². The van der Waals surface area contributed by atoms with Gasteiger partial charge in [0.25, 0.3) is 0 Å². The predicted molar refractivity (Wildman–Crippen MR) is 170 cm³/mol. The van der Waals surface area contributed by atoms with Gasteiger partial charge in [-0.3, -0.25) is 4.79 Å². The van der Waals surface area contributed by atoms with Gasteiger partial charge in [0.05, 0.1) is 0 Å². The maximum atomic E-state index is 10.3. The van der Waals surface area contributed by atoms with Crippen molar-refractivity contribution in [3.63, 3.8) is 0 Å². The van der Waals surface area contributed by atoms with Crippen LogP contribution in [0.15, 0.2) is 0 Å². The van der Waals surface area contributed by atoms with E-state index in [2.05, 4.69) is 37.9 Å². The van der Waals surface area contributed by atoms with Gasteiger partial charge < -0.3 is 15.3 Å². The van der Waals surface area contributed by atoms with Crippen molar-refractivity contribution in [2.45, 2.75) is 182 Å². The number of nitrogens with zero attached hydrogens (tertiary/aromatic N) is 1. The minimum absolute atomic E-state index is 0.345. The number of rotatable bonds is 30. The lowest BCUT2D eigenvalue weighted by Crippen LogP contribution is -2.32. The average molecular weight is 541 g/mol. The Morgan fingerprint density at radius 2 is 0.842 bits per heavy atom. The summed E-state index contributed by atoms with van der Waals surface area (Å²) < 4.78 is 0. The van der Waals surface area contributed by atoms with Gasteiger partial charge in [0, 0.05) is 19.5 Å².